The lowest BCUT2D eigenvalue weighted by molar-refractivity contribution is 0.0999. The van der Waals surface area contributed by atoms with Gasteiger partial charge in [-0.05, 0) is 24.1 Å². The quantitative estimate of drug-likeness (QED) is 0.770. The Kier molecular flexibility index (Phi) is 4.13. The van der Waals surface area contributed by atoms with Gasteiger partial charge in [-0.3, -0.25) is 0 Å². The molecule has 0 radical (unpaired) electrons. The molecular formula is C10H13ClO3S. The van der Waals surface area contributed by atoms with Crippen LogP contribution in [0.2, 0.25) is 0 Å². The molecule has 5 heteroatoms. The van der Waals surface area contributed by atoms with Gasteiger partial charge in [-0.25, -0.2) is 8.42 Å². The maximum absolute atomic E-state index is 11.1. The molecule has 0 saturated heterocycles. The van der Waals surface area contributed by atoms with E-state index in [0.717, 1.165) is 12.0 Å². The monoisotopic (exact) mass is 248 g/mol. The van der Waals surface area contributed by atoms with Crippen LogP contribution in [0.25, 0.3) is 0 Å². The molecule has 0 bridgehead atoms. The number of halogens is 1. The normalized spacial score (nSPS) is 13.8. The van der Waals surface area contributed by atoms with E-state index in [1.54, 1.807) is 19.2 Å². The van der Waals surface area contributed by atoms with E-state index in [-0.39, 0.29) is 11.0 Å². The molecule has 0 aliphatic heterocycles. The Morgan fingerprint density at radius 3 is 2.60 bits per heavy atom. The average molecular weight is 249 g/mol. The van der Waals surface area contributed by atoms with Gasteiger partial charge in [0, 0.05) is 17.8 Å². The lowest BCUT2D eigenvalue weighted by atomic mass is 10.1. The minimum Gasteiger partial charge on any atom is -0.377 e. The predicted octanol–water partition coefficient (Wildman–Crippen LogP) is 2.71. The van der Waals surface area contributed by atoms with Crippen LogP contribution in [0.3, 0.4) is 0 Å². The highest BCUT2D eigenvalue weighted by Crippen LogP contribution is 2.24. The molecule has 0 fully saturated rings. The topological polar surface area (TPSA) is 43.4 Å². The van der Waals surface area contributed by atoms with E-state index in [0.29, 0.717) is 0 Å². The fourth-order valence-electron chi connectivity index (χ4n) is 1.40. The molecule has 0 amide bonds. The average Bonchev–Trinajstić information content (AvgIpc) is 2.19. The van der Waals surface area contributed by atoms with Gasteiger partial charge in [0.25, 0.3) is 9.05 Å². The van der Waals surface area contributed by atoms with Crippen LogP contribution in [0.1, 0.15) is 25.0 Å². The van der Waals surface area contributed by atoms with E-state index in [4.69, 9.17) is 15.4 Å². The van der Waals surface area contributed by atoms with Gasteiger partial charge in [0.15, 0.2) is 0 Å². The van der Waals surface area contributed by atoms with Crippen LogP contribution in [0.4, 0.5) is 0 Å². The first-order chi connectivity index (χ1) is 6.99. The summed E-state index contributed by atoms with van der Waals surface area (Å²) in [5.41, 5.74) is 0.821. The number of hydrogen-bond acceptors (Lipinski definition) is 3. The molecule has 0 aromatic heterocycles. The zero-order valence-corrected chi connectivity index (χ0v) is 10.2. The Morgan fingerprint density at radius 1 is 1.47 bits per heavy atom. The number of hydrogen-bond donors (Lipinski definition) is 0. The van der Waals surface area contributed by atoms with Crippen molar-refractivity contribution >= 4 is 19.7 Å². The fraction of sp³-hybridized carbons (Fsp3) is 0.400. The molecule has 1 aromatic rings. The van der Waals surface area contributed by atoms with Crippen molar-refractivity contribution in [1.29, 1.82) is 0 Å². The van der Waals surface area contributed by atoms with Crippen molar-refractivity contribution in [2.75, 3.05) is 7.11 Å². The molecule has 0 aliphatic rings. The third-order valence-electron chi connectivity index (χ3n) is 2.17. The molecule has 15 heavy (non-hydrogen) atoms. The highest BCUT2D eigenvalue weighted by Gasteiger charge is 2.13. The van der Waals surface area contributed by atoms with Gasteiger partial charge >= 0.3 is 0 Å². The summed E-state index contributed by atoms with van der Waals surface area (Å²) >= 11 is 0. The van der Waals surface area contributed by atoms with Gasteiger partial charge in [0.2, 0.25) is 0 Å². The molecule has 1 atom stereocenters. The van der Waals surface area contributed by atoms with Crippen LogP contribution in [0, 0.1) is 0 Å². The van der Waals surface area contributed by atoms with E-state index >= 15 is 0 Å². The summed E-state index contributed by atoms with van der Waals surface area (Å²) < 4.78 is 27.4. The van der Waals surface area contributed by atoms with Gasteiger partial charge in [0.05, 0.1) is 11.0 Å². The SMILES string of the molecule is CC[C@@H](OC)c1cccc(S(=O)(=O)Cl)c1. The summed E-state index contributed by atoms with van der Waals surface area (Å²) in [5.74, 6) is 0. The molecule has 1 aromatic carbocycles. The molecule has 0 unspecified atom stereocenters. The Labute approximate surface area is 94.4 Å². The minimum absolute atomic E-state index is 0.0941. The molecular weight excluding hydrogens is 236 g/mol. The van der Waals surface area contributed by atoms with Crippen LogP contribution in [0.5, 0.6) is 0 Å². The maximum atomic E-state index is 11.1. The second-order valence-electron chi connectivity index (χ2n) is 3.14. The standard InChI is InChI=1S/C10H13ClO3S/c1-3-10(14-2)8-5-4-6-9(7-8)15(11,12)13/h4-7,10H,3H2,1-2H3/t10-/m1/s1. The van der Waals surface area contributed by atoms with Crippen LogP contribution in [-0.2, 0) is 13.8 Å². The summed E-state index contributed by atoms with van der Waals surface area (Å²) in [4.78, 5) is 0.108. The molecule has 3 nitrogen and oxygen atoms in total. The molecule has 0 heterocycles. The lowest BCUT2D eigenvalue weighted by Gasteiger charge is -2.13. The fourth-order valence-corrected chi connectivity index (χ4v) is 2.21. The van der Waals surface area contributed by atoms with Gasteiger partial charge in [0.1, 0.15) is 0 Å². The largest absolute Gasteiger partial charge is 0.377 e. The van der Waals surface area contributed by atoms with Crippen LogP contribution >= 0.6 is 10.7 Å². The van der Waals surface area contributed by atoms with E-state index in [9.17, 15) is 8.42 Å². The summed E-state index contributed by atoms with van der Waals surface area (Å²) in [7, 11) is 3.19. The number of benzene rings is 1. The van der Waals surface area contributed by atoms with Gasteiger partial charge in [-0.1, -0.05) is 19.1 Å². The second kappa shape index (κ2) is 4.96. The van der Waals surface area contributed by atoms with Gasteiger partial charge < -0.3 is 4.74 Å². The molecule has 0 N–H and O–H groups in total. The third kappa shape index (κ3) is 3.19. The first kappa shape index (κ1) is 12.5. The van der Waals surface area contributed by atoms with Crippen molar-refractivity contribution in [1.82, 2.24) is 0 Å². The molecule has 0 spiro atoms. The van der Waals surface area contributed by atoms with Crippen molar-refractivity contribution in [2.24, 2.45) is 0 Å². The summed E-state index contributed by atoms with van der Waals surface area (Å²) in [6.07, 6.45) is 0.686. The second-order valence-corrected chi connectivity index (χ2v) is 5.71. The van der Waals surface area contributed by atoms with Crippen LogP contribution in [0.15, 0.2) is 29.2 Å². The highest BCUT2D eigenvalue weighted by molar-refractivity contribution is 8.13. The Bertz CT molecular complexity index is 424. The lowest BCUT2D eigenvalue weighted by Crippen LogP contribution is -2.01. The smallest absolute Gasteiger partial charge is 0.261 e. The third-order valence-corrected chi connectivity index (χ3v) is 3.52. The number of methoxy groups -OCH3 is 1. The van der Waals surface area contributed by atoms with Gasteiger partial charge in [-0.2, -0.15) is 0 Å². The molecule has 84 valence electrons. The molecule has 1 rings (SSSR count). The number of rotatable bonds is 4. The van der Waals surface area contributed by atoms with E-state index in [1.165, 1.54) is 6.07 Å². The van der Waals surface area contributed by atoms with Crippen molar-refractivity contribution in [3.63, 3.8) is 0 Å². The zero-order chi connectivity index (χ0) is 11.5. The Morgan fingerprint density at radius 2 is 2.13 bits per heavy atom. The van der Waals surface area contributed by atoms with E-state index in [2.05, 4.69) is 0 Å². The minimum atomic E-state index is -3.66. The van der Waals surface area contributed by atoms with Gasteiger partial charge in [-0.15, -0.1) is 0 Å². The van der Waals surface area contributed by atoms with Crippen molar-refractivity contribution in [3.8, 4) is 0 Å². The molecule has 0 saturated carbocycles. The summed E-state index contributed by atoms with van der Waals surface area (Å²) in [5, 5.41) is 0. The summed E-state index contributed by atoms with van der Waals surface area (Å²) in [6.45, 7) is 1.97. The van der Waals surface area contributed by atoms with E-state index < -0.39 is 9.05 Å². The zero-order valence-electron chi connectivity index (χ0n) is 8.60. The first-order valence-electron chi connectivity index (χ1n) is 4.56. The summed E-state index contributed by atoms with van der Waals surface area (Å²) in [6, 6.07) is 6.49. The maximum Gasteiger partial charge on any atom is 0.261 e. The molecule has 0 aliphatic carbocycles. The first-order valence-corrected chi connectivity index (χ1v) is 6.87. The van der Waals surface area contributed by atoms with E-state index in [1.807, 2.05) is 13.0 Å². The Hall–Kier alpha value is -0.580. The van der Waals surface area contributed by atoms with Crippen LogP contribution in [-0.4, -0.2) is 15.5 Å². The van der Waals surface area contributed by atoms with Crippen molar-refractivity contribution in [2.45, 2.75) is 24.3 Å². The van der Waals surface area contributed by atoms with Crippen molar-refractivity contribution < 1.29 is 13.2 Å². The Balaban J connectivity index is 3.13. The van der Waals surface area contributed by atoms with Crippen molar-refractivity contribution in [3.05, 3.63) is 29.8 Å². The predicted molar refractivity (Wildman–Crippen MR) is 59.5 cm³/mol. The van der Waals surface area contributed by atoms with Crippen LogP contribution < -0.4 is 0 Å². The number of ether oxygens (including phenoxy) is 1. The highest BCUT2D eigenvalue weighted by atomic mass is 35.7.